The van der Waals surface area contributed by atoms with Gasteiger partial charge < -0.3 is 0 Å². The normalized spacial score (nSPS) is 13.6. The highest BCUT2D eigenvalue weighted by Crippen LogP contribution is 2.28. The fraction of sp³-hybridized carbons (Fsp3) is 0. The molecule has 22 heavy (non-hydrogen) atoms. The maximum atomic E-state index is 12.8. The molecule has 0 saturated heterocycles. The van der Waals surface area contributed by atoms with E-state index in [4.69, 9.17) is 0 Å². The first-order chi connectivity index (χ1) is 10.8. The van der Waals surface area contributed by atoms with Gasteiger partial charge in [-0.3, -0.25) is 18.4 Å². The summed E-state index contributed by atoms with van der Waals surface area (Å²) in [5.41, 5.74) is 2.11. The van der Waals surface area contributed by atoms with Crippen LogP contribution in [-0.4, -0.2) is 30.3 Å². The van der Waals surface area contributed by atoms with Crippen molar-refractivity contribution in [2.24, 2.45) is 0 Å². The molecule has 0 unspecified atom stereocenters. The smallest absolute Gasteiger partial charge is 0.232 e. The van der Waals surface area contributed by atoms with Gasteiger partial charge in [0.05, 0.1) is 0 Å². The van der Waals surface area contributed by atoms with Gasteiger partial charge in [-0.25, -0.2) is 9.97 Å². The van der Waals surface area contributed by atoms with E-state index < -0.39 is 0 Å². The molecule has 0 aliphatic heterocycles. The van der Waals surface area contributed by atoms with Gasteiger partial charge in [-0.15, -0.1) is 0 Å². The zero-order valence-electron chi connectivity index (χ0n) is 11.2. The lowest BCUT2D eigenvalue weighted by Gasteiger charge is -2.09. The lowest BCUT2D eigenvalue weighted by molar-refractivity contribution is 0.0967. The summed E-state index contributed by atoms with van der Waals surface area (Å²) in [6.07, 6.45) is 3.46. The molecule has 5 rings (SSSR count). The van der Waals surface area contributed by atoms with Gasteiger partial charge in [0.2, 0.25) is 11.6 Å². The summed E-state index contributed by atoms with van der Waals surface area (Å²) in [6, 6.07) is 10.8. The number of hydrogen-bond acceptors (Lipinski definition) is 4. The first-order valence-electron chi connectivity index (χ1n) is 6.79. The topological polar surface area (TPSA) is 68.7 Å². The van der Waals surface area contributed by atoms with Crippen molar-refractivity contribution in [3.8, 4) is 0 Å². The number of carbonyl (C=O) groups is 2. The molecular weight excluding hydrogens is 280 g/mol. The molecular formula is C16H8N4O2. The molecule has 4 heterocycles. The van der Waals surface area contributed by atoms with Gasteiger partial charge in [-0.2, -0.15) is 0 Å². The SMILES string of the molecule is O=C1c2nc3ccccn3c2C(=O)c2nc3ccccn3c21. The minimum absolute atomic E-state index is 0.189. The van der Waals surface area contributed by atoms with E-state index in [1.54, 1.807) is 45.5 Å². The van der Waals surface area contributed by atoms with Crippen molar-refractivity contribution in [1.82, 2.24) is 18.8 Å². The summed E-state index contributed by atoms with van der Waals surface area (Å²) < 4.78 is 3.28. The van der Waals surface area contributed by atoms with Gasteiger partial charge in [0.15, 0.2) is 0 Å². The molecule has 0 radical (unpaired) electrons. The van der Waals surface area contributed by atoms with Crippen LogP contribution < -0.4 is 0 Å². The Morgan fingerprint density at radius 3 is 1.59 bits per heavy atom. The van der Waals surface area contributed by atoms with E-state index in [9.17, 15) is 9.59 Å². The van der Waals surface area contributed by atoms with Gasteiger partial charge >= 0.3 is 0 Å². The second kappa shape index (κ2) is 3.67. The maximum Gasteiger partial charge on any atom is 0.232 e. The first kappa shape index (κ1) is 11.4. The standard InChI is InChI=1S/C16H8N4O2/c21-15-11-13(19-7-3-1-5-9(19)17-11)16(22)12-14(15)20-8-4-2-6-10(20)18-12/h1-8H. The number of hydrogen-bond donors (Lipinski definition) is 0. The third kappa shape index (κ3) is 1.20. The fourth-order valence-electron chi connectivity index (χ4n) is 2.97. The molecule has 0 aromatic carbocycles. The van der Waals surface area contributed by atoms with E-state index in [1.165, 1.54) is 0 Å². The zero-order valence-corrected chi connectivity index (χ0v) is 11.2. The van der Waals surface area contributed by atoms with Gasteiger partial charge in [0.25, 0.3) is 0 Å². The van der Waals surface area contributed by atoms with Crippen LogP contribution in [-0.2, 0) is 0 Å². The fourth-order valence-corrected chi connectivity index (χ4v) is 2.97. The molecule has 0 bridgehead atoms. The molecule has 0 spiro atoms. The maximum absolute atomic E-state index is 12.8. The molecule has 0 amide bonds. The number of rotatable bonds is 0. The van der Waals surface area contributed by atoms with Crippen LogP contribution in [0.4, 0.5) is 0 Å². The van der Waals surface area contributed by atoms with Gasteiger partial charge in [0.1, 0.15) is 34.1 Å². The highest BCUT2D eigenvalue weighted by molar-refractivity contribution is 6.26. The van der Waals surface area contributed by atoms with Crippen LogP contribution in [0.1, 0.15) is 32.4 Å². The van der Waals surface area contributed by atoms with Crippen LogP contribution in [0.25, 0.3) is 11.3 Å². The largest absolute Gasteiger partial charge is 0.296 e. The van der Waals surface area contributed by atoms with Crippen molar-refractivity contribution in [1.29, 1.82) is 0 Å². The Morgan fingerprint density at radius 2 is 1.14 bits per heavy atom. The summed E-state index contributed by atoms with van der Waals surface area (Å²) in [4.78, 5) is 34.3. The van der Waals surface area contributed by atoms with Crippen molar-refractivity contribution in [3.63, 3.8) is 0 Å². The van der Waals surface area contributed by atoms with E-state index in [1.807, 2.05) is 12.1 Å². The minimum atomic E-state index is -0.271. The first-order valence-corrected chi connectivity index (χ1v) is 6.79. The Morgan fingerprint density at radius 1 is 0.682 bits per heavy atom. The van der Waals surface area contributed by atoms with Crippen molar-refractivity contribution in [2.45, 2.75) is 0 Å². The molecule has 1 aliphatic rings. The Hall–Kier alpha value is -3.28. The number of pyridine rings is 2. The van der Waals surface area contributed by atoms with E-state index in [0.717, 1.165) is 0 Å². The van der Waals surface area contributed by atoms with Crippen LogP contribution in [0.2, 0.25) is 0 Å². The van der Waals surface area contributed by atoms with E-state index in [0.29, 0.717) is 11.3 Å². The average Bonchev–Trinajstić information content (AvgIpc) is 3.12. The summed E-state index contributed by atoms with van der Waals surface area (Å²) in [7, 11) is 0. The molecule has 0 N–H and O–H groups in total. The summed E-state index contributed by atoms with van der Waals surface area (Å²) in [5.74, 6) is -0.543. The van der Waals surface area contributed by atoms with Crippen LogP contribution >= 0.6 is 0 Å². The third-order valence-electron chi connectivity index (χ3n) is 3.92. The molecule has 1 aliphatic carbocycles. The Balaban J connectivity index is 1.93. The zero-order chi connectivity index (χ0) is 14.8. The molecule has 4 aromatic rings. The molecule has 6 heteroatoms. The average molecular weight is 288 g/mol. The lowest BCUT2D eigenvalue weighted by atomic mass is 9.99. The highest BCUT2D eigenvalue weighted by Gasteiger charge is 2.38. The monoisotopic (exact) mass is 288 g/mol. The van der Waals surface area contributed by atoms with Gasteiger partial charge in [-0.1, -0.05) is 12.1 Å². The molecule has 6 nitrogen and oxygen atoms in total. The van der Waals surface area contributed by atoms with E-state index in [2.05, 4.69) is 9.97 Å². The van der Waals surface area contributed by atoms with E-state index in [-0.39, 0.29) is 34.3 Å². The van der Waals surface area contributed by atoms with Crippen LogP contribution in [0.15, 0.2) is 48.8 Å². The summed E-state index contributed by atoms with van der Waals surface area (Å²) >= 11 is 0. The quantitative estimate of drug-likeness (QED) is 0.435. The summed E-state index contributed by atoms with van der Waals surface area (Å²) in [6.45, 7) is 0. The van der Waals surface area contributed by atoms with Crippen molar-refractivity contribution >= 4 is 22.9 Å². The Kier molecular flexibility index (Phi) is 1.90. The predicted octanol–water partition coefficient (Wildman–Crippen LogP) is 1.76. The molecule has 104 valence electrons. The van der Waals surface area contributed by atoms with Crippen LogP contribution in [0.5, 0.6) is 0 Å². The lowest BCUT2D eigenvalue weighted by Crippen LogP contribution is -2.22. The Bertz CT molecular complexity index is 1030. The molecule has 0 fully saturated rings. The number of fused-ring (bicyclic) bond motifs is 6. The van der Waals surface area contributed by atoms with E-state index >= 15 is 0 Å². The van der Waals surface area contributed by atoms with Crippen LogP contribution in [0, 0.1) is 0 Å². The second-order valence-corrected chi connectivity index (χ2v) is 5.13. The number of nitrogens with zero attached hydrogens (tertiary/aromatic N) is 4. The number of aromatic nitrogens is 4. The molecule has 4 aromatic heterocycles. The Labute approximate surface area is 123 Å². The van der Waals surface area contributed by atoms with Crippen molar-refractivity contribution in [2.75, 3.05) is 0 Å². The molecule has 0 atom stereocenters. The van der Waals surface area contributed by atoms with Crippen molar-refractivity contribution in [3.05, 3.63) is 71.6 Å². The highest BCUT2D eigenvalue weighted by atomic mass is 16.1. The third-order valence-corrected chi connectivity index (χ3v) is 3.92. The minimum Gasteiger partial charge on any atom is -0.296 e. The summed E-state index contributed by atoms with van der Waals surface area (Å²) in [5, 5.41) is 0. The number of imidazole rings is 2. The molecule has 0 saturated carbocycles. The van der Waals surface area contributed by atoms with Gasteiger partial charge in [-0.05, 0) is 24.3 Å². The van der Waals surface area contributed by atoms with Crippen molar-refractivity contribution < 1.29 is 9.59 Å². The second-order valence-electron chi connectivity index (χ2n) is 5.13. The van der Waals surface area contributed by atoms with Crippen LogP contribution in [0.3, 0.4) is 0 Å². The number of ketones is 2. The number of carbonyl (C=O) groups excluding carboxylic acids is 2. The predicted molar refractivity (Wildman–Crippen MR) is 77.2 cm³/mol. The van der Waals surface area contributed by atoms with Gasteiger partial charge in [0, 0.05) is 12.4 Å².